The van der Waals surface area contributed by atoms with Gasteiger partial charge in [-0.15, -0.1) is 0 Å². The minimum absolute atomic E-state index is 0.00917. The third kappa shape index (κ3) is 2.42. The van der Waals surface area contributed by atoms with Crippen LogP contribution in [0.2, 0.25) is 0 Å². The number of aromatic nitrogens is 1. The van der Waals surface area contributed by atoms with Crippen molar-refractivity contribution in [2.45, 2.75) is 0 Å². The van der Waals surface area contributed by atoms with Gasteiger partial charge in [-0.3, -0.25) is 4.98 Å². The third-order valence-corrected chi connectivity index (χ3v) is 2.25. The van der Waals surface area contributed by atoms with E-state index in [1.807, 2.05) is 0 Å². The molecule has 0 unspecified atom stereocenters. The Morgan fingerprint density at radius 3 is 2.67 bits per heavy atom. The second-order valence-electron chi connectivity index (χ2n) is 3.48. The number of nitrogens with zero attached hydrogens (tertiary/aromatic N) is 1. The molecule has 0 fully saturated rings. The maximum atomic E-state index is 13.4. The van der Waals surface area contributed by atoms with Crippen LogP contribution in [0.25, 0.3) is 0 Å². The highest BCUT2D eigenvalue weighted by molar-refractivity contribution is 5.94. The Morgan fingerprint density at radius 1 is 1.22 bits per heavy atom. The lowest BCUT2D eigenvalue weighted by Gasteiger charge is -2.09. The maximum Gasteiger partial charge on any atom is 0.339 e. The van der Waals surface area contributed by atoms with Gasteiger partial charge in [-0.05, 0) is 18.2 Å². The Kier molecular flexibility index (Phi) is 3.18. The van der Waals surface area contributed by atoms with Crippen LogP contribution in [-0.4, -0.2) is 16.1 Å². The first-order valence-corrected chi connectivity index (χ1v) is 4.97. The Balaban J connectivity index is 2.37. The van der Waals surface area contributed by atoms with E-state index in [-0.39, 0.29) is 16.9 Å². The quantitative estimate of drug-likeness (QED) is 0.879. The van der Waals surface area contributed by atoms with E-state index in [4.69, 9.17) is 5.11 Å². The van der Waals surface area contributed by atoms with Crippen LogP contribution in [-0.2, 0) is 0 Å². The van der Waals surface area contributed by atoms with E-state index in [1.54, 1.807) is 0 Å². The molecule has 0 spiro atoms. The predicted octanol–water partition coefficient (Wildman–Crippen LogP) is 2.80. The average molecular weight is 250 g/mol. The molecule has 0 aliphatic carbocycles. The summed E-state index contributed by atoms with van der Waals surface area (Å²) >= 11 is 0. The van der Waals surface area contributed by atoms with Gasteiger partial charge in [-0.1, -0.05) is 0 Å². The summed E-state index contributed by atoms with van der Waals surface area (Å²) in [6.45, 7) is 0. The zero-order valence-electron chi connectivity index (χ0n) is 9.02. The van der Waals surface area contributed by atoms with E-state index in [2.05, 4.69) is 10.3 Å². The summed E-state index contributed by atoms with van der Waals surface area (Å²) in [5, 5.41) is 11.5. The molecular weight excluding hydrogens is 242 g/mol. The molecule has 2 rings (SSSR count). The smallest absolute Gasteiger partial charge is 0.339 e. The van der Waals surface area contributed by atoms with Crippen LogP contribution in [0.5, 0.6) is 0 Å². The number of nitrogens with one attached hydrogen (secondary N) is 1. The minimum atomic E-state index is -1.19. The molecule has 2 aromatic rings. The maximum absolute atomic E-state index is 13.4. The largest absolute Gasteiger partial charge is 0.478 e. The topological polar surface area (TPSA) is 62.2 Å². The van der Waals surface area contributed by atoms with Crippen LogP contribution in [0.15, 0.2) is 36.7 Å². The number of aromatic carboxylic acids is 1. The number of benzene rings is 1. The molecule has 0 saturated carbocycles. The number of carboxylic acids is 1. The van der Waals surface area contributed by atoms with Crippen molar-refractivity contribution in [3.63, 3.8) is 0 Å². The van der Waals surface area contributed by atoms with E-state index in [1.165, 1.54) is 18.3 Å². The second-order valence-corrected chi connectivity index (χ2v) is 3.48. The van der Waals surface area contributed by atoms with Gasteiger partial charge in [0.25, 0.3) is 0 Å². The molecule has 0 aliphatic heterocycles. The molecule has 0 amide bonds. The summed E-state index contributed by atoms with van der Waals surface area (Å²) in [6.07, 6.45) is 2.52. The SMILES string of the molecule is O=C(O)c1cnccc1Nc1ccc(F)cc1F. The van der Waals surface area contributed by atoms with Gasteiger partial charge >= 0.3 is 5.97 Å². The molecule has 4 nitrogen and oxygen atoms in total. The summed E-state index contributed by atoms with van der Waals surface area (Å²) in [5.41, 5.74) is 0.0781. The second kappa shape index (κ2) is 4.79. The summed E-state index contributed by atoms with van der Waals surface area (Å²) in [5.74, 6) is -2.69. The van der Waals surface area contributed by atoms with Gasteiger partial charge in [0.1, 0.15) is 17.2 Å². The van der Waals surface area contributed by atoms with Crippen molar-refractivity contribution >= 4 is 17.3 Å². The Morgan fingerprint density at radius 2 is 2.00 bits per heavy atom. The Labute approximate surface area is 101 Å². The number of carbonyl (C=O) groups is 1. The van der Waals surface area contributed by atoms with E-state index in [0.717, 1.165) is 12.3 Å². The van der Waals surface area contributed by atoms with Gasteiger partial charge in [0.05, 0.1) is 11.4 Å². The van der Waals surface area contributed by atoms with E-state index in [0.29, 0.717) is 6.07 Å². The van der Waals surface area contributed by atoms with Gasteiger partial charge in [0, 0.05) is 18.5 Å². The Hall–Kier alpha value is -2.50. The van der Waals surface area contributed by atoms with Gasteiger partial charge in [0.15, 0.2) is 0 Å². The molecule has 0 bridgehead atoms. The summed E-state index contributed by atoms with van der Waals surface area (Å²) in [7, 11) is 0. The van der Waals surface area contributed by atoms with Crippen molar-refractivity contribution < 1.29 is 18.7 Å². The van der Waals surface area contributed by atoms with Crippen LogP contribution in [0, 0.1) is 11.6 Å². The number of anilines is 2. The minimum Gasteiger partial charge on any atom is -0.478 e. The summed E-state index contributed by atoms with van der Waals surface area (Å²) in [4.78, 5) is 14.6. The number of halogens is 2. The van der Waals surface area contributed by atoms with E-state index < -0.39 is 17.6 Å². The van der Waals surface area contributed by atoms with Crippen molar-refractivity contribution in [3.05, 3.63) is 53.9 Å². The Bertz CT molecular complexity index is 602. The van der Waals surface area contributed by atoms with Crippen molar-refractivity contribution in [2.75, 3.05) is 5.32 Å². The standard InChI is InChI=1S/C12H8F2N2O2/c13-7-1-2-11(9(14)5-7)16-10-3-4-15-6-8(10)12(17)18/h1-6H,(H,15,16)(H,17,18). The van der Waals surface area contributed by atoms with Crippen LogP contribution >= 0.6 is 0 Å². The first-order chi connectivity index (χ1) is 8.58. The molecule has 92 valence electrons. The molecule has 1 heterocycles. The highest BCUT2D eigenvalue weighted by Crippen LogP contribution is 2.22. The van der Waals surface area contributed by atoms with Crippen molar-refractivity contribution in [2.24, 2.45) is 0 Å². The average Bonchev–Trinajstić information content (AvgIpc) is 2.33. The summed E-state index contributed by atoms with van der Waals surface area (Å²) in [6, 6.07) is 4.37. The highest BCUT2D eigenvalue weighted by atomic mass is 19.1. The van der Waals surface area contributed by atoms with Gasteiger partial charge < -0.3 is 10.4 Å². The first-order valence-electron chi connectivity index (χ1n) is 4.97. The highest BCUT2D eigenvalue weighted by Gasteiger charge is 2.11. The van der Waals surface area contributed by atoms with Crippen molar-refractivity contribution in [3.8, 4) is 0 Å². The number of hydrogen-bond acceptors (Lipinski definition) is 3. The molecule has 2 N–H and O–H groups in total. The summed E-state index contributed by atoms with van der Waals surface area (Å²) < 4.78 is 26.1. The molecule has 0 saturated heterocycles. The first kappa shape index (κ1) is 12.0. The number of hydrogen-bond donors (Lipinski definition) is 2. The molecule has 0 radical (unpaired) electrons. The normalized spacial score (nSPS) is 10.1. The van der Waals surface area contributed by atoms with Gasteiger partial charge in [-0.25, -0.2) is 13.6 Å². The zero-order chi connectivity index (χ0) is 13.1. The van der Waals surface area contributed by atoms with Crippen molar-refractivity contribution in [1.82, 2.24) is 4.98 Å². The van der Waals surface area contributed by atoms with Crippen LogP contribution in [0.4, 0.5) is 20.2 Å². The fourth-order valence-corrected chi connectivity index (χ4v) is 1.41. The molecular formula is C12H8F2N2O2. The van der Waals surface area contributed by atoms with Crippen LogP contribution in [0.3, 0.4) is 0 Å². The zero-order valence-corrected chi connectivity index (χ0v) is 9.02. The molecule has 1 aromatic heterocycles. The van der Waals surface area contributed by atoms with Crippen molar-refractivity contribution in [1.29, 1.82) is 0 Å². The lowest BCUT2D eigenvalue weighted by molar-refractivity contribution is 0.0697. The number of rotatable bonds is 3. The molecule has 6 heteroatoms. The van der Waals surface area contributed by atoms with Gasteiger partial charge in [0.2, 0.25) is 0 Å². The monoisotopic (exact) mass is 250 g/mol. The van der Waals surface area contributed by atoms with E-state index >= 15 is 0 Å². The number of carboxylic acid groups (broad SMARTS) is 1. The van der Waals surface area contributed by atoms with Gasteiger partial charge in [-0.2, -0.15) is 0 Å². The fraction of sp³-hybridized carbons (Fsp3) is 0. The van der Waals surface area contributed by atoms with Crippen LogP contribution < -0.4 is 5.32 Å². The predicted molar refractivity (Wildman–Crippen MR) is 60.8 cm³/mol. The molecule has 18 heavy (non-hydrogen) atoms. The molecule has 0 aliphatic rings. The number of pyridine rings is 1. The lowest BCUT2D eigenvalue weighted by atomic mass is 10.2. The molecule has 1 aromatic carbocycles. The van der Waals surface area contributed by atoms with E-state index in [9.17, 15) is 13.6 Å². The molecule has 0 atom stereocenters. The third-order valence-electron chi connectivity index (χ3n) is 2.25. The fourth-order valence-electron chi connectivity index (χ4n) is 1.41. The van der Waals surface area contributed by atoms with Crippen LogP contribution in [0.1, 0.15) is 10.4 Å². The lowest BCUT2D eigenvalue weighted by Crippen LogP contribution is -2.04.